The third-order valence-electron chi connectivity index (χ3n) is 5.42. The standard InChI is InChI=1S/2C13H12N7O.Co/c1-14-11-12(15-2)17-13(16-11)19-18-9-6-5-8(20(3)4)7-10(9)21;1-20(2)8-3-4-9(12(21)5-8)18-19-13-16-10(6-14)11(7-15)17-13;/h5-7,13H,3-4H3,(H2-,16,17,18,19,21);3-5,13H,1-2H3,(H2-,16,17,18,19,21);/q2*-1;+2. The van der Waals surface area contributed by atoms with Gasteiger partial charge in [-0.1, -0.05) is 6.57 Å². The summed E-state index contributed by atoms with van der Waals surface area (Å²) in [5.41, 5.74) is 2.29. The molecule has 0 amide bonds. The van der Waals surface area contributed by atoms with E-state index >= 15 is 0 Å². The first-order valence-corrected chi connectivity index (χ1v) is 11.9. The normalized spacial score (nSPS) is 16.7. The van der Waals surface area contributed by atoms with Gasteiger partial charge in [-0.25, -0.2) is 6.57 Å². The zero-order valence-corrected chi connectivity index (χ0v) is 24.3. The number of hydrogen-bond donors (Lipinski definition) is 4. The fraction of sp³-hybridized carbons (Fsp3) is 0.231. The molecular formula is C26H24CoN14O2. The average Bonchev–Trinajstić information content (AvgIpc) is 3.59. The molecule has 4 rings (SSSR count). The van der Waals surface area contributed by atoms with Crippen molar-refractivity contribution in [1.82, 2.24) is 10.6 Å². The molecule has 0 aliphatic carbocycles. The molecule has 0 saturated heterocycles. The second-order valence-corrected chi connectivity index (χ2v) is 8.70. The Hall–Kier alpha value is -6.01. The Morgan fingerprint density at radius 3 is 1.67 bits per heavy atom. The molecule has 2 heterocycles. The maximum Gasteiger partial charge on any atom is 2.00 e. The van der Waals surface area contributed by atoms with Gasteiger partial charge < -0.3 is 45.7 Å². The summed E-state index contributed by atoms with van der Waals surface area (Å²) in [4.78, 5) is 9.97. The van der Waals surface area contributed by atoms with Crippen LogP contribution in [0.3, 0.4) is 0 Å². The fourth-order valence-corrected chi connectivity index (χ4v) is 3.24. The number of allylic oxidation sites excluding steroid dienone is 2. The van der Waals surface area contributed by atoms with Crippen LogP contribution in [0.1, 0.15) is 0 Å². The number of hydrogen-bond acceptors (Lipinski definition) is 12. The Morgan fingerprint density at radius 1 is 0.814 bits per heavy atom. The predicted molar refractivity (Wildman–Crippen MR) is 153 cm³/mol. The van der Waals surface area contributed by atoms with Gasteiger partial charge in [0.1, 0.15) is 34.6 Å². The molecule has 17 heteroatoms. The van der Waals surface area contributed by atoms with E-state index < -0.39 is 12.6 Å². The van der Waals surface area contributed by atoms with Crippen LogP contribution in [0.25, 0.3) is 20.3 Å². The van der Waals surface area contributed by atoms with E-state index in [0.29, 0.717) is 5.69 Å². The summed E-state index contributed by atoms with van der Waals surface area (Å²) in [5, 5.41) is 65.9. The van der Waals surface area contributed by atoms with Crippen molar-refractivity contribution < 1.29 is 27.0 Å². The van der Waals surface area contributed by atoms with Gasteiger partial charge in [-0.2, -0.15) is 20.8 Å². The van der Waals surface area contributed by atoms with Crippen molar-refractivity contribution in [3.05, 3.63) is 92.9 Å². The zero-order chi connectivity index (χ0) is 30.8. The fourth-order valence-electron chi connectivity index (χ4n) is 3.24. The Labute approximate surface area is 258 Å². The number of phenolic OH excluding ortho intramolecular Hbond substituents is 2. The van der Waals surface area contributed by atoms with Gasteiger partial charge in [0.2, 0.25) is 0 Å². The van der Waals surface area contributed by atoms with E-state index in [1.165, 1.54) is 0 Å². The number of nitriles is 2. The SMILES string of the molecule is CN(C)c1ccc(N=NC2[N-]C(C#N)=C(C#N)N2)c(O)c1.[C-]#[N+]C1=C([N+]#[C-])NC(N=Nc2ccc(N(C)C)cc2O)[N-]1.[Co+2]. The van der Waals surface area contributed by atoms with Crippen LogP contribution in [-0.4, -0.2) is 51.0 Å². The minimum absolute atomic E-state index is 0. The van der Waals surface area contributed by atoms with Crippen LogP contribution in [-0.2, 0) is 16.8 Å². The molecule has 2 unspecified atom stereocenters. The number of nitrogens with one attached hydrogen (secondary N) is 2. The number of azo groups is 2. The number of phenols is 2. The zero-order valence-electron chi connectivity index (χ0n) is 23.2. The van der Waals surface area contributed by atoms with E-state index in [9.17, 15) is 10.2 Å². The van der Waals surface area contributed by atoms with Crippen molar-refractivity contribution in [2.24, 2.45) is 20.5 Å². The van der Waals surface area contributed by atoms with Crippen molar-refractivity contribution in [2.75, 3.05) is 38.0 Å². The van der Waals surface area contributed by atoms with Gasteiger partial charge in [0, 0.05) is 51.7 Å². The van der Waals surface area contributed by atoms with Gasteiger partial charge in [0.15, 0.2) is 5.82 Å². The summed E-state index contributed by atoms with van der Waals surface area (Å²) in [6.45, 7) is 13.8. The summed E-state index contributed by atoms with van der Waals surface area (Å²) in [6, 6.07) is 13.6. The summed E-state index contributed by atoms with van der Waals surface area (Å²) in [6.07, 6.45) is -1.65. The van der Waals surface area contributed by atoms with Crippen molar-refractivity contribution in [3.63, 3.8) is 0 Å². The van der Waals surface area contributed by atoms with Crippen molar-refractivity contribution in [1.29, 1.82) is 10.5 Å². The van der Waals surface area contributed by atoms with Crippen LogP contribution in [0.2, 0.25) is 0 Å². The number of rotatable bonds is 6. The third kappa shape index (κ3) is 8.49. The first-order chi connectivity index (χ1) is 20.1. The topological polar surface area (TPSA) is 205 Å². The Kier molecular flexibility index (Phi) is 11.7. The van der Waals surface area contributed by atoms with E-state index in [-0.39, 0.29) is 57.0 Å². The summed E-state index contributed by atoms with van der Waals surface area (Å²) in [5.74, 6) is 0.0193. The number of aromatic hydroxyl groups is 2. The molecule has 0 spiro atoms. The molecule has 2 aromatic rings. The number of nitrogens with zero attached hydrogens (tertiary/aromatic N) is 12. The summed E-state index contributed by atoms with van der Waals surface area (Å²) >= 11 is 0. The van der Waals surface area contributed by atoms with Crippen molar-refractivity contribution in [2.45, 2.75) is 12.6 Å². The number of benzene rings is 2. The van der Waals surface area contributed by atoms with Crippen LogP contribution >= 0.6 is 0 Å². The summed E-state index contributed by atoms with van der Waals surface area (Å²) in [7, 11) is 7.44. The first kappa shape index (κ1) is 33.2. The minimum atomic E-state index is -0.831. The quantitative estimate of drug-likeness (QED) is 0.258. The first-order valence-electron chi connectivity index (χ1n) is 11.9. The average molecular weight is 624 g/mol. The summed E-state index contributed by atoms with van der Waals surface area (Å²) < 4.78 is 0. The van der Waals surface area contributed by atoms with Crippen LogP contribution in [0.5, 0.6) is 11.5 Å². The maximum absolute atomic E-state index is 9.87. The Morgan fingerprint density at radius 2 is 1.33 bits per heavy atom. The van der Waals surface area contributed by atoms with E-state index in [1.807, 2.05) is 44.1 Å². The maximum atomic E-state index is 9.87. The molecule has 16 nitrogen and oxygen atoms in total. The van der Waals surface area contributed by atoms with Gasteiger partial charge in [-0.3, -0.25) is 5.32 Å². The monoisotopic (exact) mass is 623 g/mol. The van der Waals surface area contributed by atoms with Crippen LogP contribution < -0.4 is 20.4 Å². The largest absolute Gasteiger partial charge is 2.00 e. The molecule has 1 radical (unpaired) electrons. The molecule has 0 saturated carbocycles. The molecule has 0 bridgehead atoms. The van der Waals surface area contributed by atoms with Crippen LogP contribution in [0, 0.1) is 35.8 Å². The Bertz CT molecular complexity index is 1460. The van der Waals surface area contributed by atoms with E-state index in [2.05, 4.69) is 51.4 Å². The molecule has 2 atom stereocenters. The van der Waals surface area contributed by atoms with Gasteiger partial charge in [-0.05, 0) is 30.0 Å². The second kappa shape index (κ2) is 15.1. The molecule has 0 fully saturated rings. The molecule has 2 aliphatic heterocycles. The van der Waals surface area contributed by atoms with E-state index in [4.69, 9.17) is 23.7 Å². The molecule has 2 aromatic carbocycles. The van der Waals surface area contributed by atoms with Crippen molar-refractivity contribution >= 4 is 22.7 Å². The third-order valence-corrected chi connectivity index (χ3v) is 5.42. The van der Waals surface area contributed by atoms with Crippen LogP contribution in [0.4, 0.5) is 22.7 Å². The van der Waals surface area contributed by atoms with Crippen LogP contribution in [0.15, 0.2) is 79.9 Å². The molecule has 2 aliphatic rings. The molecule has 43 heavy (non-hydrogen) atoms. The van der Waals surface area contributed by atoms with E-state index in [1.54, 1.807) is 42.5 Å². The van der Waals surface area contributed by atoms with E-state index in [0.717, 1.165) is 11.4 Å². The van der Waals surface area contributed by atoms with Gasteiger partial charge in [-0.15, -0.1) is 10.2 Å². The molecule has 219 valence electrons. The number of anilines is 2. The smallest absolute Gasteiger partial charge is 0.634 e. The van der Waals surface area contributed by atoms with Gasteiger partial charge in [0.25, 0.3) is 6.29 Å². The Balaban J connectivity index is 0.000000293. The van der Waals surface area contributed by atoms with Gasteiger partial charge >= 0.3 is 16.8 Å². The molecule has 4 N–H and O–H groups in total. The second-order valence-electron chi connectivity index (χ2n) is 8.70. The minimum Gasteiger partial charge on any atom is -0.634 e. The van der Waals surface area contributed by atoms with Crippen molar-refractivity contribution in [3.8, 4) is 23.6 Å². The molecule has 0 aromatic heterocycles. The molecular weight excluding hydrogens is 599 g/mol. The predicted octanol–water partition coefficient (Wildman–Crippen LogP) is 4.83. The van der Waals surface area contributed by atoms with Gasteiger partial charge in [0.05, 0.1) is 18.2 Å².